The number of rotatable bonds is 6. The van der Waals surface area contributed by atoms with Crippen molar-refractivity contribution in [2.45, 2.75) is 51.6 Å². The summed E-state index contributed by atoms with van der Waals surface area (Å²) in [5.41, 5.74) is 1.03. The topological polar surface area (TPSA) is 41.1 Å². The van der Waals surface area contributed by atoms with Crippen molar-refractivity contribution in [1.29, 1.82) is 0 Å². The third-order valence-electron chi connectivity index (χ3n) is 3.64. The Hall–Kier alpha value is -1.16. The first-order valence-electron chi connectivity index (χ1n) is 7.05. The van der Waals surface area contributed by atoms with Crippen LogP contribution in [0.4, 0.5) is 5.82 Å². The Morgan fingerprint density at radius 1 is 1.33 bits per heavy atom. The lowest BCUT2D eigenvalue weighted by molar-refractivity contribution is 0.634. The van der Waals surface area contributed by atoms with E-state index in [1.165, 1.54) is 25.7 Å². The Labute approximate surface area is 110 Å². The summed E-state index contributed by atoms with van der Waals surface area (Å²) in [5.74, 6) is 1.01. The average molecular weight is 248 g/mol. The van der Waals surface area contributed by atoms with Gasteiger partial charge in [0.25, 0.3) is 0 Å². The Morgan fingerprint density at radius 2 is 2.11 bits per heavy atom. The van der Waals surface area contributed by atoms with Crippen LogP contribution in [0.3, 0.4) is 0 Å². The maximum atomic E-state index is 4.69. The molecule has 1 N–H and O–H groups in total. The second-order valence-corrected chi connectivity index (χ2v) is 5.09. The molecule has 1 saturated carbocycles. The molecule has 2 rings (SSSR count). The lowest BCUT2D eigenvalue weighted by Crippen LogP contribution is -2.30. The standard InChI is InChI=1S/C14H24N4/c1-3-8-15-9-12-10-16-11-14(17-12)18(2)13-6-4-5-7-13/h10-11,13,15H,3-9H2,1-2H3. The zero-order valence-corrected chi connectivity index (χ0v) is 11.5. The Balaban J connectivity index is 1.97. The molecular formula is C14H24N4. The molecule has 4 nitrogen and oxygen atoms in total. The highest BCUT2D eigenvalue weighted by Crippen LogP contribution is 2.25. The lowest BCUT2D eigenvalue weighted by atomic mass is 10.2. The number of anilines is 1. The second kappa shape index (κ2) is 6.69. The number of nitrogens with one attached hydrogen (secondary N) is 1. The van der Waals surface area contributed by atoms with Gasteiger partial charge in [0.15, 0.2) is 0 Å². The smallest absolute Gasteiger partial charge is 0.147 e. The lowest BCUT2D eigenvalue weighted by Gasteiger charge is -2.25. The van der Waals surface area contributed by atoms with Crippen LogP contribution in [0.1, 0.15) is 44.7 Å². The van der Waals surface area contributed by atoms with E-state index in [0.717, 1.165) is 31.0 Å². The van der Waals surface area contributed by atoms with Crippen molar-refractivity contribution in [2.75, 3.05) is 18.5 Å². The molecule has 0 spiro atoms. The summed E-state index contributed by atoms with van der Waals surface area (Å²) in [4.78, 5) is 11.3. The summed E-state index contributed by atoms with van der Waals surface area (Å²) >= 11 is 0. The Morgan fingerprint density at radius 3 is 2.83 bits per heavy atom. The average Bonchev–Trinajstić information content (AvgIpc) is 2.92. The molecule has 0 unspecified atom stereocenters. The van der Waals surface area contributed by atoms with Gasteiger partial charge in [-0.05, 0) is 25.8 Å². The molecule has 1 aromatic rings. The van der Waals surface area contributed by atoms with Gasteiger partial charge in [-0.15, -0.1) is 0 Å². The summed E-state index contributed by atoms with van der Waals surface area (Å²) in [6, 6.07) is 0.651. The van der Waals surface area contributed by atoms with Crippen molar-refractivity contribution in [2.24, 2.45) is 0 Å². The summed E-state index contributed by atoms with van der Waals surface area (Å²) in [6.07, 6.45) is 10.2. The highest BCUT2D eigenvalue weighted by atomic mass is 15.2. The van der Waals surface area contributed by atoms with E-state index < -0.39 is 0 Å². The molecule has 1 aliphatic carbocycles. The van der Waals surface area contributed by atoms with Crippen molar-refractivity contribution < 1.29 is 0 Å². The number of hydrogen-bond acceptors (Lipinski definition) is 4. The van der Waals surface area contributed by atoms with Gasteiger partial charge in [-0.25, -0.2) is 4.98 Å². The van der Waals surface area contributed by atoms with Gasteiger partial charge in [0.05, 0.1) is 11.9 Å². The largest absolute Gasteiger partial charge is 0.355 e. The number of aromatic nitrogens is 2. The van der Waals surface area contributed by atoms with Gasteiger partial charge in [0.1, 0.15) is 5.82 Å². The molecule has 0 bridgehead atoms. The van der Waals surface area contributed by atoms with Crippen molar-refractivity contribution in [1.82, 2.24) is 15.3 Å². The maximum Gasteiger partial charge on any atom is 0.147 e. The van der Waals surface area contributed by atoms with Gasteiger partial charge in [-0.2, -0.15) is 0 Å². The fourth-order valence-corrected chi connectivity index (χ4v) is 2.52. The predicted octanol–water partition coefficient (Wildman–Crippen LogP) is 2.36. The van der Waals surface area contributed by atoms with Crippen LogP contribution in [-0.4, -0.2) is 29.6 Å². The van der Waals surface area contributed by atoms with Crippen LogP contribution < -0.4 is 10.2 Å². The van der Waals surface area contributed by atoms with Crippen LogP contribution in [0.15, 0.2) is 12.4 Å². The van der Waals surface area contributed by atoms with E-state index in [4.69, 9.17) is 0 Å². The zero-order valence-electron chi connectivity index (χ0n) is 11.5. The Kier molecular flexibility index (Phi) is 4.93. The molecule has 0 saturated heterocycles. The molecule has 1 aliphatic rings. The van der Waals surface area contributed by atoms with E-state index in [0.29, 0.717) is 6.04 Å². The third-order valence-corrected chi connectivity index (χ3v) is 3.64. The minimum Gasteiger partial charge on any atom is -0.355 e. The quantitative estimate of drug-likeness (QED) is 0.785. The van der Waals surface area contributed by atoms with Gasteiger partial charge in [0, 0.05) is 25.8 Å². The van der Waals surface area contributed by atoms with Crippen LogP contribution in [0, 0.1) is 0 Å². The van der Waals surface area contributed by atoms with Gasteiger partial charge in [0.2, 0.25) is 0 Å². The van der Waals surface area contributed by atoms with Gasteiger partial charge < -0.3 is 10.2 Å². The van der Waals surface area contributed by atoms with Gasteiger partial charge in [-0.1, -0.05) is 19.8 Å². The second-order valence-electron chi connectivity index (χ2n) is 5.09. The predicted molar refractivity (Wildman–Crippen MR) is 74.7 cm³/mol. The molecular weight excluding hydrogens is 224 g/mol. The Bertz CT molecular complexity index is 361. The van der Waals surface area contributed by atoms with Crippen LogP contribution in [0.25, 0.3) is 0 Å². The van der Waals surface area contributed by atoms with Crippen LogP contribution in [0.5, 0.6) is 0 Å². The van der Waals surface area contributed by atoms with Crippen molar-refractivity contribution in [3.63, 3.8) is 0 Å². The molecule has 100 valence electrons. The van der Waals surface area contributed by atoms with E-state index in [-0.39, 0.29) is 0 Å². The van der Waals surface area contributed by atoms with Gasteiger partial charge >= 0.3 is 0 Å². The van der Waals surface area contributed by atoms with Crippen molar-refractivity contribution in [3.8, 4) is 0 Å². The van der Waals surface area contributed by atoms with E-state index in [2.05, 4.69) is 34.2 Å². The zero-order chi connectivity index (χ0) is 12.8. The number of nitrogens with zero attached hydrogens (tertiary/aromatic N) is 3. The minimum atomic E-state index is 0.651. The van der Waals surface area contributed by atoms with Gasteiger partial charge in [-0.3, -0.25) is 4.98 Å². The van der Waals surface area contributed by atoms with Crippen LogP contribution in [-0.2, 0) is 6.54 Å². The van der Waals surface area contributed by atoms with Crippen LogP contribution in [0.2, 0.25) is 0 Å². The molecule has 1 aromatic heterocycles. The maximum absolute atomic E-state index is 4.69. The summed E-state index contributed by atoms with van der Waals surface area (Å²) in [6.45, 7) is 4.01. The first-order valence-corrected chi connectivity index (χ1v) is 7.05. The van der Waals surface area contributed by atoms with Crippen LogP contribution >= 0.6 is 0 Å². The summed E-state index contributed by atoms with van der Waals surface area (Å²) < 4.78 is 0. The third kappa shape index (κ3) is 3.42. The van der Waals surface area contributed by atoms with E-state index in [1.54, 1.807) is 0 Å². The monoisotopic (exact) mass is 248 g/mol. The molecule has 0 aromatic carbocycles. The molecule has 18 heavy (non-hydrogen) atoms. The SMILES string of the molecule is CCCNCc1cncc(N(C)C2CCCC2)n1. The molecule has 1 fully saturated rings. The first-order chi connectivity index (χ1) is 8.81. The summed E-state index contributed by atoms with van der Waals surface area (Å²) in [5, 5.41) is 3.37. The fourth-order valence-electron chi connectivity index (χ4n) is 2.52. The molecule has 0 atom stereocenters. The van der Waals surface area contributed by atoms with E-state index >= 15 is 0 Å². The minimum absolute atomic E-state index is 0.651. The fraction of sp³-hybridized carbons (Fsp3) is 0.714. The first kappa shape index (κ1) is 13.3. The molecule has 1 heterocycles. The number of hydrogen-bond donors (Lipinski definition) is 1. The molecule has 0 aliphatic heterocycles. The summed E-state index contributed by atoms with van der Waals surface area (Å²) in [7, 11) is 2.14. The van der Waals surface area contributed by atoms with Crippen molar-refractivity contribution in [3.05, 3.63) is 18.1 Å². The molecule has 0 radical (unpaired) electrons. The normalized spacial score (nSPS) is 16.1. The van der Waals surface area contributed by atoms with Crippen molar-refractivity contribution >= 4 is 5.82 Å². The molecule has 4 heteroatoms. The highest BCUT2D eigenvalue weighted by Gasteiger charge is 2.20. The molecule has 0 amide bonds. The highest BCUT2D eigenvalue weighted by molar-refractivity contribution is 5.36. The van der Waals surface area contributed by atoms with E-state index in [9.17, 15) is 0 Å². The van der Waals surface area contributed by atoms with E-state index in [1.807, 2.05) is 12.4 Å².